The van der Waals surface area contributed by atoms with Crippen molar-refractivity contribution >= 4 is 22.9 Å². The van der Waals surface area contributed by atoms with Gasteiger partial charge in [0.1, 0.15) is 11.6 Å². The van der Waals surface area contributed by atoms with E-state index in [4.69, 9.17) is 14.2 Å². The number of methoxy groups -OCH3 is 1. The SMILES string of the molecule is COC(=O)C1CCC(n2c([C@@H]3CCCC(=O)N3)nc3cc(-c4c(C)noc4C)ccc32)CC1. The molecule has 8 nitrogen and oxygen atoms in total. The number of rotatable bonds is 4. The largest absolute Gasteiger partial charge is 0.469 e. The fourth-order valence-corrected chi connectivity index (χ4v) is 5.53. The summed E-state index contributed by atoms with van der Waals surface area (Å²) in [6, 6.07) is 6.43. The van der Waals surface area contributed by atoms with Gasteiger partial charge in [-0.05, 0) is 70.1 Å². The topological polar surface area (TPSA) is 99.2 Å². The summed E-state index contributed by atoms with van der Waals surface area (Å²) in [5.41, 5.74) is 4.83. The van der Waals surface area contributed by atoms with Crippen LogP contribution in [0.4, 0.5) is 0 Å². The summed E-state index contributed by atoms with van der Waals surface area (Å²) in [5.74, 6) is 1.62. The first-order chi connectivity index (χ1) is 16.0. The number of nitrogens with one attached hydrogen (secondary N) is 1. The molecule has 174 valence electrons. The third kappa shape index (κ3) is 3.92. The normalized spacial score (nSPS) is 23.5. The number of fused-ring (bicyclic) bond motifs is 1. The molecule has 2 fully saturated rings. The first-order valence-corrected chi connectivity index (χ1v) is 11.8. The molecule has 1 aliphatic heterocycles. The molecule has 0 spiro atoms. The maximum absolute atomic E-state index is 12.2. The Morgan fingerprint density at radius 1 is 1.18 bits per heavy atom. The van der Waals surface area contributed by atoms with Crippen LogP contribution >= 0.6 is 0 Å². The predicted octanol–water partition coefficient (Wildman–Crippen LogP) is 4.55. The van der Waals surface area contributed by atoms with E-state index in [0.717, 1.165) is 78.0 Å². The average molecular weight is 451 g/mol. The molecule has 8 heteroatoms. The van der Waals surface area contributed by atoms with Gasteiger partial charge in [-0.15, -0.1) is 0 Å². The molecule has 1 amide bonds. The smallest absolute Gasteiger partial charge is 0.308 e. The molecular formula is C25H30N4O4. The highest BCUT2D eigenvalue weighted by atomic mass is 16.5. The number of hydrogen-bond acceptors (Lipinski definition) is 6. The lowest BCUT2D eigenvalue weighted by Gasteiger charge is -2.31. The van der Waals surface area contributed by atoms with Gasteiger partial charge in [0.2, 0.25) is 5.91 Å². The van der Waals surface area contributed by atoms with Crippen molar-refractivity contribution in [1.29, 1.82) is 0 Å². The standard InChI is InChI=1S/C25H30N4O4/c1-14-23(15(2)33-28-14)17-9-12-21-20(13-17)27-24(19-5-4-6-22(30)26-19)29(21)18-10-7-16(8-11-18)25(31)32-3/h9,12-13,16,18-19H,4-8,10-11H2,1-3H3,(H,26,30)/t16?,18?,19-/m0/s1. The van der Waals surface area contributed by atoms with Crippen LogP contribution in [0.3, 0.4) is 0 Å². The average Bonchev–Trinajstić information content (AvgIpc) is 3.37. The van der Waals surface area contributed by atoms with Gasteiger partial charge < -0.3 is 19.1 Å². The zero-order valence-corrected chi connectivity index (χ0v) is 19.4. The van der Waals surface area contributed by atoms with E-state index < -0.39 is 0 Å². The van der Waals surface area contributed by atoms with E-state index in [1.165, 1.54) is 7.11 Å². The van der Waals surface area contributed by atoms with Crippen LogP contribution in [0.25, 0.3) is 22.2 Å². The second-order valence-corrected chi connectivity index (χ2v) is 9.28. The zero-order valence-electron chi connectivity index (χ0n) is 19.4. The Hall–Kier alpha value is -3.16. The van der Waals surface area contributed by atoms with E-state index in [-0.39, 0.29) is 29.9 Å². The Morgan fingerprint density at radius 3 is 2.64 bits per heavy atom. The molecule has 2 aromatic heterocycles. The first kappa shape index (κ1) is 21.7. The summed E-state index contributed by atoms with van der Waals surface area (Å²) in [5, 5.41) is 7.24. The highest BCUT2D eigenvalue weighted by Crippen LogP contribution is 2.39. The molecule has 1 atom stereocenters. The Kier molecular flexibility index (Phi) is 5.68. The molecule has 3 aromatic rings. The quantitative estimate of drug-likeness (QED) is 0.585. The summed E-state index contributed by atoms with van der Waals surface area (Å²) in [4.78, 5) is 29.2. The molecule has 3 heterocycles. The lowest BCUT2D eigenvalue weighted by Crippen LogP contribution is -2.35. The maximum Gasteiger partial charge on any atom is 0.308 e. The van der Waals surface area contributed by atoms with Crippen molar-refractivity contribution in [3.63, 3.8) is 0 Å². The summed E-state index contributed by atoms with van der Waals surface area (Å²) < 4.78 is 12.7. The number of aromatic nitrogens is 3. The number of carbonyl (C=O) groups excluding carboxylic acids is 2. The van der Waals surface area contributed by atoms with Crippen LogP contribution in [0.1, 0.15) is 74.3 Å². The third-order valence-corrected chi connectivity index (χ3v) is 7.18. The zero-order chi connectivity index (χ0) is 23.1. The summed E-state index contributed by atoms with van der Waals surface area (Å²) in [7, 11) is 1.46. The second-order valence-electron chi connectivity index (χ2n) is 9.28. The van der Waals surface area contributed by atoms with Gasteiger partial charge in [-0.3, -0.25) is 9.59 Å². The van der Waals surface area contributed by atoms with Crippen molar-refractivity contribution in [2.24, 2.45) is 5.92 Å². The van der Waals surface area contributed by atoms with E-state index in [9.17, 15) is 9.59 Å². The summed E-state index contributed by atoms with van der Waals surface area (Å²) in [6.45, 7) is 3.86. The molecule has 5 rings (SSSR count). The highest BCUT2D eigenvalue weighted by Gasteiger charge is 2.32. The van der Waals surface area contributed by atoms with Gasteiger partial charge in [0.15, 0.2) is 0 Å². The minimum atomic E-state index is -0.118. The van der Waals surface area contributed by atoms with Gasteiger partial charge in [-0.2, -0.15) is 0 Å². The Labute approximate surface area is 192 Å². The van der Waals surface area contributed by atoms with Gasteiger partial charge in [0.25, 0.3) is 0 Å². The Bertz CT molecular complexity index is 1180. The van der Waals surface area contributed by atoms with Crippen molar-refractivity contribution in [2.75, 3.05) is 7.11 Å². The Balaban J connectivity index is 1.56. The molecule has 0 radical (unpaired) electrons. The number of nitrogens with zero attached hydrogens (tertiary/aromatic N) is 3. The van der Waals surface area contributed by atoms with E-state index in [1.54, 1.807) is 0 Å². The minimum absolute atomic E-state index is 0.0370. The van der Waals surface area contributed by atoms with Crippen LogP contribution in [0.15, 0.2) is 22.7 Å². The molecule has 1 saturated heterocycles. The van der Waals surface area contributed by atoms with Crippen molar-refractivity contribution in [3.05, 3.63) is 35.5 Å². The molecular weight excluding hydrogens is 420 g/mol. The molecule has 2 aliphatic rings. The van der Waals surface area contributed by atoms with Crippen molar-refractivity contribution in [3.8, 4) is 11.1 Å². The fraction of sp³-hybridized carbons (Fsp3) is 0.520. The number of carbonyl (C=O) groups is 2. The van der Waals surface area contributed by atoms with Crippen molar-refractivity contribution in [2.45, 2.75) is 70.9 Å². The van der Waals surface area contributed by atoms with Crippen LogP contribution < -0.4 is 5.32 Å². The lowest BCUT2D eigenvalue weighted by atomic mass is 9.85. The number of aryl methyl sites for hydroxylation is 2. The van der Waals surface area contributed by atoms with Crippen molar-refractivity contribution < 1.29 is 18.8 Å². The minimum Gasteiger partial charge on any atom is -0.469 e. The Morgan fingerprint density at radius 2 is 1.97 bits per heavy atom. The number of hydrogen-bond donors (Lipinski definition) is 1. The van der Waals surface area contributed by atoms with Crippen LogP contribution in [-0.2, 0) is 14.3 Å². The highest BCUT2D eigenvalue weighted by molar-refractivity contribution is 5.84. The van der Waals surface area contributed by atoms with Crippen LogP contribution in [0.5, 0.6) is 0 Å². The number of ether oxygens (including phenoxy) is 1. The number of benzene rings is 1. The van der Waals surface area contributed by atoms with Gasteiger partial charge in [0, 0.05) is 18.0 Å². The molecule has 1 saturated carbocycles. The van der Waals surface area contributed by atoms with E-state index in [0.29, 0.717) is 6.42 Å². The van der Waals surface area contributed by atoms with Gasteiger partial charge >= 0.3 is 5.97 Å². The van der Waals surface area contributed by atoms with Crippen LogP contribution in [0, 0.1) is 19.8 Å². The van der Waals surface area contributed by atoms with Crippen molar-refractivity contribution in [1.82, 2.24) is 20.0 Å². The monoisotopic (exact) mass is 450 g/mol. The van der Waals surface area contributed by atoms with Gasteiger partial charge in [0.05, 0.1) is 35.8 Å². The van der Waals surface area contributed by atoms with E-state index in [2.05, 4.69) is 33.2 Å². The third-order valence-electron chi connectivity index (χ3n) is 7.18. The van der Waals surface area contributed by atoms with Gasteiger partial charge in [-0.25, -0.2) is 4.98 Å². The molecule has 0 bridgehead atoms. The molecule has 0 unspecified atom stereocenters. The number of piperidine rings is 1. The molecule has 1 N–H and O–H groups in total. The number of esters is 1. The van der Waals surface area contributed by atoms with Crippen LogP contribution in [0.2, 0.25) is 0 Å². The predicted molar refractivity (Wildman–Crippen MR) is 122 cm³/mol. The number of imidazole rings is 1. The van der Waals surface area contributed by atoms with Gasteiger partial charge in [-0.1, -0.05) is 11.2 Å². The van der Waals surface area contributed by atoms with Crippen LogP contribution in [-0.4, -0.2) is 33.7 Å². The van der Waals surface area contributed by atoms with E-state index >= 15 is 0 Å². The molecule has 1 aromatic carbocycles. The fourth-order valence-electron chi connectivity index (χ4n) is 5.53. The lowest BCUT2D eigenvalue weighted by molar-refractivity contribution is -0.146. The maximum atomic E-state index is 12.2. The first-order valence-electron chi connectivity index (χ1n) is 11.8. The summed E-state index contributed by atoms with van der Waals surface area (Å²) >= 11 is 0. The summed E-state index contributed by atoms with van der Waals surface area (Å²) in [6.07, 6.45) is 5.66. The second kappa shape index (κ2) is 8.65. The molecule has 1 aliphatic carbocycles. The number of amides is 1. The molecule has 33 heavy (non-hydrogen) atoms. The van der Waals surface area contributed by atoms with E-state index in [1.807, 2.05) is 13.8 Å².